The van der Waals surface area contributed by atoms with Crippen LogP contribution in [0, 0.1) is 12.8 Å². The Balaban J connectivity index is 0.000000493. The number of carbonyl (C=O) groups is 1. The molecule has 36 heavy (non-hydrogen) atoms. The highest BCUT2D eigenvalue weighted by Gasteiger charge is 2.13. The Labute approximate surface area is 215 Å². The lowest BCUT2D eigenvalue weighted by Gasteiger charge is -2.06. The zero-order chi connectivity index (χ0) is 26.3. The molecular formula is C29H41N3O4. The van der Waals surface area contributed by atoms with Gasteiger partial charge in [-0.1, -0.05) is 69.8 Å². The minimum Gasteiger partial charge on any atom is -0.494 e. The maximum absolute atomic E-state index is 10.8. The molecule has 3 aromatic rings. The highest BCUT2D eigenvalue weighted by Crippen LogP contribution is 2.26. The molecule has 1 heterocycles. The summed E-state index contributed by atoms with van der Waals surface area (Å²) in [5.41, 5.74) is 8.98. The van der Waals surface area contributed by atoms with Crippen molar-refractivity contribution in [3.8, 4) is 28.6 Å². The maximum atomic E-state index is 10.8. The van der Waals surface area contributed by atoms with Crippen molar-refractivity contribution in [1.82, 2.24) is 10.1 Å². The summed E-state index contributed by atoms with van der Waals surface area (Å²) in [6.45, 7) is 9.79. The summed E-state index contributed by atoms with van der Waals surface area (Å²) in [7, 11) is 1.67. The molecule has 2 aromatic carbocycles. The molecule has 196 valence electrons. The minimum absolute atomic E-state index is 0.301. The quantitative estimate of drug-likeness (QED) is 0.264. The third-order valence-corrected chi connectivity index (χ3v) is 5.64. The Morgan fingerprint density at radius 1 is 1.08 bits per heavy atom. The van der Waals surface area contributed by atoms with Crippen LogP contribution < -0.4 is 10.5 Å². The zero-order valence-corrected chi connectivity index (χ0v) is 22.4. The van der Waals surface area contributed by atoms with E-state index in [2.05, 4.69) is 30.9 Å². The van der Waals surface area contributed by atoms with E-state index in [-0.39, 0.29) is 5.91 Å². The van der Waals surface area contributed by atoms with Crippen molar-refractivity contribution in [3.63, 3.8) is 0 Å². The lowest BCUT2D eigenvalue weighted by Crippen LogP contribution is -2.11. The van der Waals surface area contributed by atoms with Gasteiger partial charge < -0.3 is 19.7 Å². The second-order valence-electron chi connectivity index (χ2n) is 9.33. The van der Waals surface area contributed by atoms with Gasteiger partial charge in [-0.25, -0.2) is 0 Å². The van der Waals surface area contributed by atoms with Crippen molar-refractivity contribution < 1.29 is 18.8 Å². The number of benzene rings is 2. The molecule has 7 nitrogen and oxygen atoms in total. The number of primary amides is 1. The molecule has 0 saturated heterocycles. The average Bonchev–Trinajstić information content (AvgIpc) is 3.34. The molecule has 0 radical (unpaired) electrons. The van der Waals surface area contributed by atoms with Gasteiger partial charge in [0, 0.05) is 24.7 Å². The van der Waals surface area contributed by atoms with E-state index < -0.39 is 0 Å². The van der Waals surface area contributed by atoms with Gasteiger partial charge in [0.25, 0.3) is 5.89 Å². The van der Waals surface area contributed by atoms with Crippen LogP contribution in [0.15, 0.2) is 47.0 Å². The van der Waals surface area contributed by atoms with E-state index >= 15 is 0 Å². The number of nitrogens with two attached hydrogens (primary N) is 1. The van der Waals surface area contributed by atoms with E-state index in [9.17, 15) is 4.79 Å². The molecule has 0 spiro atoms. The van der Waals surface area contributed by atoms with E-state index in [1.807, 2.05) is 49.4 Å². The SMILES string of the molecule is CCCCCC(C)C.COCc1cc(-c2nc(-c3cccc(OCCCC(N)=O)c3)no2)ccc1C. The molecule has 2 N–H and O–H groups in total. The largest absolute Gasteiger partial charge is 0.494 e. The minimum atomic E-state index is -0.332. The number of methoxy groups -OCH3 is 1. The lowest BCUT2D eigenvalue weighted by molar-refractivity contribution is -0.118. The first-order chi connectivity index (χ1) is 17.3. The first-order valence-corrected chi connectivity index (χ1v) is 12.8. The number of aromatic nitrogens is 2. The van der Waals surface area contributed by atoms with Crippen LogP contribution in [0.5, 0.6) is 5.75 Å². The van der Waals surface area contributed by atoms with Crippen LogP contribution in [-0.2, 0) is 16.1 Å². The summed E-state index contributed by atoms with van der Waals surface area (Å²) in [6, 6.07) is 13.4. The van der Waals surface area contributed by atoms with E-state index in [1.165, 1.54) is 25.7 Å². The summed E-state index contributed by atoms with van der Waals surface area (Å²) in [6.07, 6.45) is 6.48. The van der Waals surface area contributed by atoms with Crippen LogP contribution >= 0.6 is 0 Å². The van der Waals surface area contributed by atoms with Crippen LogP contribution in [-0.4, -0.2) is 29.8 Å². The fourth-order valence-electron chi connectivity index (χ4n) is 3.54. The Bertz CT molecular complexity index is 1060. The van der Waals surface area contributed by atoms with Gasteiger partial charge in [0.05, 0.1) is 13.2 Å². The second kappa shape index (κ2) is 15.7. The number of aryl methyl sites for hydroxylation is 1. The summed E-state index contributed by atoms with van der Waals surface area (Å²) < 4.78 is 16.3. The van der Waals surface area contributed by atoms with Crippen molar-refractivity contribution in [2.24, 2.45) is 11.7 Å². The van der Waals surface area contributed by atoms with Gasteiger partial charge in [0.2, 0.25) is 11.7 Å². The number of carbonyl (C=O) groups excluding carboxylic acids is 1. The van der Waals surface area contributed by atoms with E-state index in [4.69, 9.17) is 19.7 Å². The number of nitrogens with zero attached hydrogens (tertiary/aromatic N) is 2. The second-order valence-corrected chi connectivity index (χ2v) is 9.33. The van der Waals surface area contributed by atoms with Gasteiger partial charge >= 0.3 is 0 Å². The predicted molar refractivity (Wildman–Crippen MR) is 144 cm³/mol. The van der Waals surface area contributed by atoms with Gasteiger partial charge in [0.15, 0.2) is 0 Å². The highest BCUT2D eigenvalue weighted by atomic mass is 16.5. The first kappa shape index (κ1) is 29.0. The molecule has 0 bridgehead atoms. The number of ether oxygens (including phenoxy) is 2. The van der Waals surface area contributed by atoms with Gasteiger partial charge in [-0.3, -0.25) is 4.79 Å². The van der Waals surface area contributed by atoms with Crippen molar-refractivity contribution in [2.75, 3.05) is 13.7 Å². The Hall–Kier alpha value is -3.19. The van der Waals surface area contributed by atoms with Gasteiger partial charge in [-0.15, -0.1) is 0 Å². The standard InChI is InChI=1S/C21H23N3O4.C8H18/c1-14-8-9-16(11-17(14)13-26-2)21-23-20(24-28-21)15-5-3-6-18(12-15)27-10-4-7-19(22)25;1-4-5-6-7-8(2)3/h3,5-6,8-9,11-12H,4,7,10,13H2,1-2H3,(H2,22,25);8H,4-7H2,1-3H3. The topological polar surface area (TPSA) is 100 Å². The molecule has 1 amide bonds. The smallest absolute Gasteiger partial charge is 0.258 e. The molecule has 1 aromatic heterocycles. The fraction of sp³-hybridized carbons (Fsp3) is 0.483. The Morgan fingerprint density at radius 2 is 1.89 bits per heavy atom. The predicted octanol–water partition coefficient (Wildman–Crippen LogP) is 6.73. The molecule has 0 aliphatic carbocycles. The summed E-state index contributed by atoms with van der Waals surface area (Å²) >= 11 is 0. The summed E-state index contributed by atoms with van der Waals surface area (Å²) in [5.74, 6) is 2.17. The van der Waals surface area contributed by atoms with Gasteiger partial charge in [-0.05, 0) is 54.7 Å². The van der Waals surface area contributed by atoms with E-state index in [0.717, 1.165) is 28.2 Å². The highest BCUT2D eigenvalue weighted by molar-refractivity contribution is 5.73. The summed E-state index contributed by atoms with van der Waals surface area (Å²) in [5, 5.41) is 4.09. The maximum Gasteiger partial charge on any atom is 0.258 e. The van der Waals surface area contributed by atoms with Crippen molar-refractivity contribution in [3.05, 3.63) is 53.6 Å². The number of hydrogen-bond donors (Lipinski definition) is 1. The molecule has 3 rings (SSSR count). The fourth-order valence-corrected chi connectivity index (χ4v) is 3.54. The molecule has 0 atom stereocenters. The molecule has 0 fully saturated rings. The van der Waals surface area contributed by atoms with E-state index in [0.29, 0.717) is 43.5 Å². The molecule has 0 aliphatic heterocycles. The van der Waals surface area contributed by atoms with Crippen molar-refractivity contribution in [2.45, 2.75) is 72.8 Å². The normalized spacial score (nSPS) is 10.7. The van der Waals surface area contributed by atoms with Gasteiger partial charge in [0.1, 0.15) is 5.75 Å². The Kier molecular flexibility index (Phi) is 12.7. The molecule has 0 aliphatic rings. The third-order valence-electron chi connectivity index (χ3n) is 5.64. The number of hydrogen-bond acceptors (Lipinski definition) is 6. The van der Waals surface area contributed by atoms with E-state index in [1.54, 1.807) is 7.11 Å². The Morgan fingerprint density at radius 3 is 2.58 bits per heavy atom. The molecular weight excluding hydrogens is 454 g/mol. The summed E-state index contributed by atoms with van der Waals surface area (Å²) in [4.78, 5) is 15.3. The van der Waals surface area contributed by atoms with Crippen LogP contribution in [0.1, 0.15) is 70.4 Å². The zero-order valence-electron chi connectivity index (χ0n) is 22.4. The number of unbranched alkanes of at least 4 members (excludes halogenated alkanes) is 2. The van der Waals surface area contributed by atoms with Crippen molar-refractivity contribution >= 4 is 5.91 Å². The van der Waals surface area contributed by atoms with Crippen LogP contribution in [0.3, 0.4) is 0 Å². The number of rotatable bonds is 13. The molecule has 0 saturated carbocycles. The average molecular weight is 496 g/mol. The van der Waals surface area contributed by atoms with Crippen molar-refractivity contribution in [1.29, 1.82) is 0 Å². The third kappa shape index (κ3) is 10.2. The first-order valence-electron chi connectivity index (χ1n) is 12.8. The van der Waals surface area contributed by atoms with Crippen LogP contribution in [0.25, 0.3) is 22.8 Å². The lowest BCUT2D eigenvalue weighted by atomic mass is 10.1. The monoisotopic (exact) mass is 495 g/mol. The van der Waals surface area contributed by atoms with Gasteiger partial charge in [-0.2, -0.15) is 4.98 Å². The van der Waals surface area contributed by atoms with Crippen LogP contribution in [0.4, 0.5) is 0 Å². The number of amides is 1. The molecule has 0 unspecified atom stereocenters. The van der Waals surface area contributed by atoms with Crippen LogP contribution in [0.2, 0.25) is 0 Å². The molecule has 7 heteroatoms.